The standard InChI is InChI=1S/C4H11O5P/c1-2-3-9-4(5)10(6,7)8/h4-5H,2-3H2,1H3,(H2,6,7,8). The molecule has 0 radical (unpaired) electrons. The second kappa shape index (κ2) is 4.05. The van der Waals surface area contributed by atoms with Gasteiger partial charge in [0.15, 0.2) is 0 Å². The molecule has 0 heterocycles. The largest absolute Gasteiger partial charge is 0.381 e. The maximum Gasteiger partial charge on any atom is 0.381 e. The van der Waals surface area contributed by atoms with Crippen molar-refractivity contribution in [2.75, 3.05) is 6.61 Å². The lowest BCUT2D eigenvalue weighted by molar-refractivity contribution is -0.0546. The number of aliphatic hydroxyl groups excluding tert-OH is 1. The lowest BCUT2D eigenvalue weighted by atomic mass is 10.5. The van der Waals surface area contributed by atoms with E-state index in [0.29, 0.717) is 6.42 Å². The molecule has 0 aromatic heterocycles. The second-order valence-electron chi connectivity index (χ2n) is 1.79. The van der Waals surface area contributed by atoms with E-state index in [1.807, 2.05) is 0 Å². The first-order valence-corrected chi connectivity index (χ1v) is 4.51. The van der Waals surface area contributed by atoms with Gasteiger partial charge in [-0.15, -0.1) is 0 Å². The first kappa shape index (κ1) is 10.1. The Balaban J connectivity index is 3.63. The Labute approximate surface area is 58.8 Å². The number of ether oxygens (including phenoxy) is 1. The van der Waals surface area contributed by atoms with Crippen LogP contribution in [0.1, 0.15) is 13.3 Å². The van der Waals surface area contributed by atoms with Crippen LogP contribution in [0.15, 0.2) is 0 Å². The molecule has 0 fully saturated rings. The second-order valence-corrected chi connectivity index (χ2v) is 3.41. The van der Waals surface area contributed by atoms with E-state index in [0.717, 1.165) is 0 Å². The molecule has 3 N–H and O–H groups in total. The minimum absolute atomic E-state index is 0.145. The lowest BCUT2D eigenvalue weighted by Crippen LogP contribution is -2.12. The summed E-state index contributed by atoms with van der Waals surface area (Å²) >= 11 is 0. The van der Waals surface area contributed by atoms with Crippen LogP contribution in [0.2, 0.25) is 0 Å². The zero-order valence-corrected chi connectivity index (χ0v) is 6.49. The van der Waals surface area contributed by atoms with E-state index in [1.165, 1.54) is 0 Å². The van der Waals surface area contributed by atoms with Crippen molar-refractivity contribution in [3.05, 3.63) is 0 Å². The lowest BCUT2D eigenvalue weighted by Gasteiger charge is -2.11. The molecule has 1 unspecified atom stereocenters. The van der Waals surface area contributed by atoms with Gasteiger partial charge in [-0.1, -0.05) is 6.92 Å². The first-order valence-electron chi connectivity index (χ1n) is 2.83. The highest BCUT2D eigenvalue weighted by Gasteiger charge is 2.26. The van der Waals surface area contributed by atoms with Crippen LogP contribution in [0.4, 0.5) is 0 Å². The molecule has 0 saturated carbocycles. The molecule has 6 heteroatoms. The van der Waals surface area contributed by atoms with E-state index in [4.69, 9.17) is 14.9 Å². The minimum atomic E-state index is -4.45. The van der Waals surface area contributed by atoms with Crippen molar-refractivity contribution in [3.8, 4) is 0 Å². The maximum absolute atomic E-state index is 10.2. The molecule has 0 spiro atoms. The summed E-state index contributed by atoms with van der Waals surface area (Å²) in [6.07, 6.45) is 0.608. The first-order chi connectivity index (χ1) is 4.48. The van der Waals surface area contributed by atoms with Gasteiger partial charge in [-0.25, -0.2) is 0 Å². The van der Waals surface area contributed by atoms with E-state index < -0.39 is 13.6 Å². The van der Waals surface area contributed by atoms with Gasteiger partial charge in [-0.2, -0.15) is 0 Å². The van der Waals surface area contributed by atoms with E-state index in [2.05, 4.69) is 4.74 Å². The molecule has 0 amide bonds. The molecule has 0 aliphatic heterocycles. The number of hydrogen-bond donors (Lipinski definition) is 3. The highest BCUT2D eigenvalue weighted by Crippen LogP contribution is 2.39. The third-order valence-electron chi connectivity index (χ3n) is 0.759. The summed E-state index contributed by atoms with van der Waals surface area (Å²) in [6, 6.07) is -1.97. The highest BCUT2D eigenvalue weighted by atomic mass is 31.2. The minimum Gasteiger partial charge on any atom is -0.358 e. The van der Waals surface area contributed by atoms with Crippen LogP contribution in [0, 0.1) is 0 Å². The molecule has 0 aromatic carbocycles. The van der Waals surface area contributed by atoms with Crippen molar-refractivity contribution < 1.29 is 24.2 Å². The van der Waals surface area contributed by atoms with Gasteiger partial charge in [0.25, 0.3) is 6.03 Å². The van der Waals surface area contributed by atoms with Crippen molar-refractivity contribution >= 4 is 7.60 Å². The fourth-order valence-corrected chi connectivity index (χ4v) is 0.620. The summed E-state index contributed by atoms with van der Waals surface area (Å²) in [5, 5.41) is 8.53. The summed E-state index contributed by atoms with van der Waals surface area (Å²) in [4.78, 5) is 16.5. The molecule has 0 rings (SSSR count). The average molecular weight is 170 g/mol. The smallest absolute Gasteiger partial charge is 0.358 e. The zero-order valence-electron chi connectivity index (χ0n) is 5.60. The predicted molar refractivity (Wildman–Crippen MR) is 34.3 cm³/mol. The Kier molecular flexibility index (Phi) is 4.08. The Bertz CT molecular complexity index is 130. The summed E-state index contributed by atoms with van der Waals surface area (Å²) < 4.78 is 14.5. The third kappa shape index (κ3) is 3.98. The summed E-state index contributed by atoms with van der Waals surface area (Å²) in [5.41, 5.74) is 0. The van der Waals surface area contributed by atoms with Gasteiger partial charge < -0.3 is 19.6 Å². The molecule has 0 bridgehead atoms. The molecular formula is C4H11O5P. The molecule has 1 atom stereocenters. The van der Waals surface area contributed by atoms with Crippen molar-refractivity contribution in [1.29, 1.82) is 0 Å². The van der Waals surface area contributed by atoms with E-state index in [-0.39, 0.29) is 6.61 Å². The molecule has 0 aliphatic rings. The van der Waals surface area contributed by atoms with Crippen LogP contribution in [-0.2, 0) is 9.30 Å². The average Bonchev–Trinajstić information content (AvgIpc) is 1.80. The van der Waals surface area contributed by atoms with Crippen molar-refractivity contribution in [1.82, 2.24) is 0 Å². The number of hydrogen-bond acceptors (Lipinski definition) is 3. The number of rotatable bonds is 4. The topological polar surface area (TPSA) is 87.0 Å². The van der Waals surface area contributed by atoms with E-state index in [9.17, 15) is 4.57 Å². The highest BCUT2D eigenvalue weighted by molar-refractivity contribution is 7.52. The van der Waals surface area contributed by atoms with Gasteiger partial charge >= 0.3 is 7.60 Å². The molecule has 62 valence electrons. The Morgan fingerprint density at radius 1 is 1.60 bits per heavy atom. The normalized spacial score (nSPS) is 15.2. The van der Waals surface area contributed by atoms with Crippen molar-refractivity contribution in [2.24, 2.45) is 0 Å². The predicted octanol–water partition coefficient (Wildman–Crippen LogP) is -0.133. The van der Waals surface area contributed by atoms with Crippen molar-refractivity contribution in [2.45, 2.75) is 19.4 Å². The zero-order chi connectivity index (χ0) is 8.20. The van der Waals surface area contributed by atoms with Gasteiger partial charge in [0.2, 0.25) is 0 Å². The molecule has 0 aromatic rings. The van der Waals surface area contributed by atoms with Crippen LogP contribution in [0.25, 0.3) is 0 Å². The van der Waals surface area contributed by atoms with Crippen LogP contribution < -0.4 is 0 Å². The Morgan fingerprint density at radius 2 is 2.10 bits per heavy atom. The SMILES string of the molecule is CCCOC(O)P(=O)(O)O. The number of aliphatic hydroxyl groups is 1. The molecule has 10 heavy (non-hydrogen) atoms. The quantitative estimate of drug-likeness (QED) is 0.404. The molecule has 0 aliphatic carbocycles. The maximum atomic E-state index is 10.2. The van der Waals surface area contributed by atoms with Crippen LogP contribution in [0.5, 0.6) is 0 Å². The van der Waals surface area contributed by atoms with Crippen LogP contribution in [-0.4, -0.2) is 27.5 Å². The van der Waals surface area contributed by atoms with Gasteiger partial charge in [-0.3, -0.25) is 4.57 Å². The summed E-state index contributed by atoms with van der Waals surface area (Å²) in [5.74, 6) is 0. The molecular weight excluding hydrogens is 159 g/mol. The van der Waals surface area contributed by atoms with Gasteiger partial charge in [0.05, 0.1) is 6.61 Å². The van der Waals surface area contributed by atoms with Gasteiger partial charge in [0.1, 0.15) is 0 Å². The molecule has 5 nitrogen and oxygen atoms in total. The fourth-order valence-electron chi connectivity index (χ4n) is 0.320. The van der Waals surface area contributed by atoms with Gasteiger partial charge in [0, 0.05) is 0 Å². The summed E-state index contributed by atoms with van der Waals surface area (Å²) in [6.45, 7) is 1.92. The van der Waals surface area contributed by atoms with Crippen LogP contribution in [0.3, 0.4) is 0 Å². The summed E-state index contributed by atoms with van der Waals surface area (Å²) in [7, 11) is -4.45. The van der Waals surface area contributed by atoms with Gasteiger partial charge in [-0.05, 0) is 6.42 Å². The Morgan fingerprint density at radius 3 is 2.40 bits per heavy atom. The monoisotopic (exact) mass is 170 g/mol. The third-order valence-corrected chi connectivity index (χ3v) is 1.48. The van der Waals surface area contributed by atoms with Crippen LogP contribution >= 0.6 is 7.60 Å². The Hall–Kier alpha value is 0.0700. The van der Waals surface area contributed by atoms with E-state index >= 15 is 0 Å². The molecule has 0 saturated heterocycles. The fraction of sp³-hybridized carbons (Fsp3) is 1.00. The van der Waals surface area contributed by atoms with E-state index in [1.54, 1.807) is 6.92 Å². The van der Waals surface area contributed by atoms with Crippen molar-refractivity contribution in [3.63, 3.8) is 0 Å².